The molecule has 0 aliphatic carbocycles. The maximum absolute atomic E-state index is 13.9. The van der Waals surface area contributed by atoms with Crippen molar-refractivity contribution in [2.45, 2.75) is 25.4 Å². The molecular formula is C17H24FN3O3. The summed E-state index contributed by atoms with van der Waals surface area (Å²) in [4.78, 5) is 26.1. The Labute approximate surface area is 141 Å². The molecule has 132 valence electrons. The number of carbonyl (C=O) groups is 2. The molecule has 2 rings (SSSR count). The van der Waals surface area contributed by atoms with Crippen LogP contribution in [0.4, 0.5) is 4.39 Å². The Bertz CT molecular complexity index is 568. The van der Waals surface area contributed by atoms with Crippen molar-refractivity contribution >= 4 is 11.8 Å². The van der Waals surface area contributed by atoms with E-state index in [9.17, 15) is 14.0 Å². The SMILES string of the molecule is COCCCNC(=O)CC1C(=O)NCCN1Cc1ccccc1F. The van der Waals surface area contributed by atoms with E-state index in [1.165, 1.54) is 6.07 Å². The van der Waals surface area contributed by atoms with Crippen LogP contribution in [0.1, 0.15) is 18.4 Å². The number of halogens is 1. The van der Waals surface area contributed by atoms with Crippen LogP contribution in [0.3, 0.4) is 0 Å². The number of rotatable bonds is 8. The lowest BCUT2D eigenvalue weighted by Gasteiger charge is -2.34. The van der Waals surface area contributed by atoms with E-state index < -0.39 is 6.04 Å². The quantitative estimate of drug-likeness (QED) is 0.684. The van der Waals surface area contributed by atoms with Crippen LogP contribution in [0.2, 0.25) is 0 Å². The summed E-state index contributed by atoms with van der Waals surface area (Å²) in [6, 6.07) is 5.91. The van der Waals surface area contributed by atoms with Crippen LogP contribution < -0.4 is 10.6 Å². The van der Waals surface area contributed by atoms with E-state index in [0.29, 0.717) is 38.3 Å². The predicted octanol–water partition coefficient (Wildman–Crippen LogP) is 0.669. The number of nitrogens with zero attached hydrogens (tertiary/aromatic N) is 1. The van der Waals surface area contributed by atoms with Crippen molar-refractivity contribution in [3.8, 4) is 0 Å². The summed E-state index contributed by atoms with van der Waals surface area (Å²) in [6.07, 6.45) is 0.783. The molecule has 1 saturated heterocycles. The van der Waals surface area contributed by atoms with E-state index in [1.807, 2.05) is 4.90 Å². The standard InChI is InChI=1S/C17H24FN3O3/c1-24-10-4-7-19-16(22)11-15-17(23)20-8-9-21(15)12-13-5-2-3-6-14(13)18/h2-3,5-6,15H,4,7-12H2,1H3,(H,19,22)(H,20,23). The molecule has 24 heavy (non-hydrogen) atoms. The number of amides is 2. The van der Waals surface area contributed by atoms with Gasteiger partial charge in [-0.15, -0.1) is 0 Å². The smallest absolute Gasteiger partial charge is 0.237 e. The predicted molar refractivity (Wildman–Crippen MR) is 87.7 cm³/mol. The Morgan fingerprint density at radius 2 is 2.25 bits per heavy atom. The Balaban J connectivity index is 1.94. The van der Waals surface area contributed by atoms with Gasteiger partial charge >= 0.3 is 0 Å². The van der Waals surface area contributed by atoms with Crippen LogP contribution in [-0.4, -0.2) is 56.1 Å². The molecule has 1 atom stereocenters. The van der Waals surface area contributed by atoms with Gasteiger partial charge < -0.3 is 15.4 Å². The molecule has 2 N–H and O–H groups in total. The zero-order chi connectivity index (χ0) is 17.4. The zero-order valence-electron chi connectivity index (χ0n) is 13.9. The highest BCUT2D eigenvalue weighted by atomic mass is 19.1. The van der Waals surface area contributed by atoms with Gasteiger partial charge in [0.05, 0.1) is 12.5 Å². The highest BCUT2D eigenvalue weighted by Gasteiger charge is 2.31. The van der Waals surface area contributed by atoms with Gasteiger partial charge in [0.2, 0.25) is 11.8 Å². The van der Waals surface area contributed by atoms with Gasteiger partial charge in [-0.2, -0.15) is 0 Å². The van der Waals surface area contributed by atoms with Crippen molar-refractivity contribution in [1.29, 1.82) is 0 Å². The number of piperazine rings is 1. The van der Waals surface area contributed by atoms with Gasteiger partial charge in [0.25, 0.3) is 0 Å². The van der Waals surface area contributed by atoms with Gasteiger partial charge in [-0.25, -0.2) is 4.39 Å². The fraction of sp³-hybridized carbons (Fsp3) is 0.529. The van der Waals surface area contributed by atoms with Gasteiger partial charge in [-0.3, -0.25) is 14.5 Å². The first-order chi connectivity index (χ1) is 11.6. The number of hydrogen-bond donors (Lipinski definition) is 2. The molecule has 0 bridgehead atoms. The molecule has 1 fully saturated rings. The van der Waals surface area contributed by atoms with Crippen LogP contribution in [0.5, 0.6) is 0 Å². The van der Waals surface area contributed by atoms with Crippen molar-refractivity contribution in [2.24, 2.45) is 0 Å². The molecule has 1 aliphatic heterocycles. The number of benzene rings is 1. The maximum atomic E-state index is 13.9. The van der Waals surface area contributed by atoms with Gasteiger partial charge in [0.15, 0.2) is 0 Å². The summed E-state index contributed by atoms with van der Waals surface area (Å²) in [6.45, 7) is 2.47. The average Bonchev–Trinajstić information content (AvgIpc) is 2.57. The summed E-state index contributed by atoms with van der Waals surface area (Å²) in [7, 11) is 1.61. The van der Waals surface area contributed by atoms with Crippen LogP contribution in [0.25, 0.3) is 0 Å². The molecule has 1 aliphatic rings. The van der Waals surface area contributed by atoms with Gasteiger partial charge in [-0.05, 0) is 12.5 Å². The Kier molecular flexibility index (Phi) is 7.14. The van der Waals surface area contributed by atoms with Crippen LogP contribution >= 0.6 is 0 Å². The summed E-state index contributed by atoms with van der Waals surface area (Å²) in [5.74, 6) is -0.678. The number of nitrogens with one attached hydrogen (secondary N) is 2. The first kappa shape index (κ1) is 18.4. The lowest BCUT2D eigenvalue weighted by Crippen LogP contribution is -2.56. The molecule has 1 unspecified atom stereocenters. The topological polar surface area (TPSA) is 70.7 Å². The van der Waals surface area contributed by atoms with Crippen LogP contribution in [0.15, 0.2) is 24.3 Å². The third-order valence-electron chi connectivity index (χ3n) is 4.00. The van der Waals surface area contributed by atoms with Crippen molar-refractivity contribution in [1.82, 2.24) is 15.5 Å². The molecule has 2 amide bonds. The monoisotopic (exact) mass is 337 g/mol. The van der Waals surface area contributed by atoms with Gasteiger partial charge in [0.1, 0.15) is 5.82 Å². The second-order valence-electron chi connectivity index (χ2n) is 5.77. The molecule has 1 heterocycles. The first-order valence-corrected chi connectivity index (χ1v) is 8.12. The third kappa shape index (κ3) is 5.28. The molecule has 1 aromatic carbocycles. The minimum atomic E-state index is -0.583. The zero-order valence-corrected chi connectivity index (χ0v) is 13.9. The molecule has 0 spiro atoms. The minimum absolute atomic E-state index is 0.0628. The Hall–Kier alpha value is -1.99. The van der Waals surface area contributed by atoms with Gasteiger partial charge in [-0.1, -0.05) is 18.2 Å². The summed E-state index contributed by atoms with van der Waals surface area (Å²) in [5, 5.41) is 5.55. The highest BCUT2D eigenvalue weighted by Crippen LogP contribution is 2.16. The largest absolute Gasteiger partial charge is 0.385 e. The molecule has 6 nitrogen and oxygen atoms in total. The van der Waals surface area contributed by atoms with E-state index in [1.54, 1.807) is 25.3 Å². The fourth-order valence-corrected chi connectivity index (χ4v) is 2.71. The fourth-order valence-electron chi connectivity index (χ4n) is 2.71. The molecule has 7 heteroatoms. The number of hydrogen-bond acceptors (Lipinski definition) is 4. The van der Waals surface area contributed by atoms with E-state index in [4.69, 9.17) is 4.74 Å². The van der Waals surface area contributed by atoms with Crippen LogP contribution in [-0.2, 0) is 20.9 Å². The van der Waals surface area contributed by atoms with E-state index in [-0.39, 0.29) is 24.1 Å². The van der Waals surface area contributed by atoms with Crippen molar-refractivity contribution < 1.29 is 18.7 Å². The highest BCUT2D eigenvalue weighted by molar-refractivity contribution is 5.88. The lowest BCUT2D eigenvalue weighted by molar-refractivity contribution is -0.134. The molecule has 0 radical (unpaired) electrons. The second-order valence-corrected chi connectivity index (χ2v) is 5.77. The van der Waals surface area contributed by atoms with E-state index in [0.717, 1.165) is 6.42 Å². The molecule has 0 saturated carbocycles. The third-order valence-corrected chi connectivity index (χ3v) is 4.00. The number of carbonyl (C=O) groups excluding carboxylic acids is 2. The van der Waals surface area contributed by atoms with Crippen molar-refractivity contribution in [2.75, 3.05) is 33.4 Å². The molecular weight excluding hydrogens is 313 g/mol. The normalized spacial score (nSPS) is 18.2. The second kappa shape index (κ2) is 9.34. The van der Waals surface area contributed by atoms with E-state index in [2.05, 4.69) is 10.6 Å². The summed E-state index contributed by atoms with van der Waals surface area (Å²) >= 11 is 0. The Morgan fingerprint density at radius 1 is 1.46 bits per heavy atom. The summed E-state index contributed by atoms with van der Waals surface area (Å²) < 4.78 is 18.8. The number of methoxy groups -OCH3 is 1. The molecule has 0 aromatic heterocycles. The minimum Gasteiger partial charge on any atom is -0.385 e. The molecule has 1 aromatic rings. The first-order valence-electron chi connectivity index (χ1n) is 8.12. The lowest BCUT2D eigenvalue weighted by atomic mass is 10.1. The maximum Gasteiger partial charge on any atom is 0.237 e. The number of ether oxygens (including phenoxy) is 1. The Morgan fingerprint density at radius 3 is 3.00 bits per heavy atom. The van der Waals surface area contributed by atoms with Gasteiger partial charge in [0, 0.05) is 45.5 Å². The van der Waals surface area contributed by atoms with E-state index >= 15 is 0 Å². The van der Waals surface area contributed by atoms with Crippen molar-refractivity contribution in [3.05, 3.63) is 35.6 Å². The summed E-state index contributed by atoms with van der Waals surface area (Å²) in [5.41, 5.74) is 0.526. The van der Waals surface area contributed by atoms with Crippen molar-refractivity contribution in [3.63, 3.8) is 0 Å². The van der Waals surface area contributed by atoms with Crippen LogP contribution in [0, 0.1) is 5.82 Å². The average molecular weight is 337 g/mol.